The highest BCUT2D eigenvalue weighted by Crippen LogP contribution is 2.19. The van der Waals surface area contributed by atoms with Gasteiger partial charge in [0.05, 0.1) is 4.90 Å². The molecule has 4 rings (SSSR count). The molecule has 9 nitrogen and oxygen atoms in total. The lowest BCUT2D eigenvalue weighted by Crippen LogP contribution is -2.15. The zero-order valence-corrected chi connectivity index (χ0v) is 19.8. The summed E-state index contributed by atoms with van der Waals surface area (Å²) in [5.74, 6) is 0.836. The van der Waals surface area contributed by atoms with Crippen molar-refractivity contribution in [2.24, 2.45) is 0 Å². The van der Waals surface area contributed by atoms with Gasteiger partial charge in [0.2, 0.25) is 5.95 Å². The molecular weight excluding hydrogens is 468 g/mol. The molecule has 2 heterocycles. The van der Waals surface area contributed by atoms with E-state index in [2.05, 4.69) is 26.9 Å². The van der Waals surface area contributed by atoms with Crippen LogP contribution in [-0.4, -0.2) is 24.3 Å². The Balaban J connectivity index is 1.32. The molecule has 2 aromatic carbocycles. The fourth-order valence-corrected chi connectivity index (χ4v) is 4.17. The maximum atomic E-state index is 12.5. The monoisotopic (exact) mass is 492 g/mol. The van der Waals surface area contributed by atoms with Crippen LogP contribution in [0.1, 0.15) is 35.2 Å². The van der Waals surface area contributed by atoms with Gasteiger partial charge in [-0.15, -0.1) is 0 Å². The summed E-state index contributed by atoms with van der Waals surface area (Å²) < 4.78 is 38.5. The van der Waals surface area contributed by atoms with E-state index in [1.54, 1.807) is 18.2 Å². The zero-order chi connectivity index (χ0) is 24.7. The number of nitrogens with one attached hydrogen (secondary N) is 2. The molecule has 0 atom stereocenters. The predicted octanol–water partition coefficient (Wildman–Crippen LogP) is 4.65. The minimum absolute atomic E-state index is 0.00288. The molecule has 0 spiro atoms. The molecule has 1 amide bonds. The van der Waals surface area contributed by atoms with E-state index in [0.29, 0.717) is 11.4 Å². The molecule has 2 N–H and O–H groups in total. The van der Waals surface area contributed by atoms with Crippen molar-refractivity contribution in [3.8, 4) is 5.75 Å². The number of hydrogen-bond acceptors (Lipinski definition) is 7. The van der Waals surface area contributed by atoms with Crippen molar-refractivity contribution < 1.29 is 22.4 Å². The summed E-state index contributed by atoms with van der Waals surface area (Å²) in [6.07, 6.45) is 4.97. The first-order valence-electron chi connectivity index (χ1n) is 10.9. The van der Waals surface area contributed by atoms with Gasteiger partial charge in [0.1, 0.15) is 18.1 Å². The lowest BCUT2D eigenvalue weighted by molar-refractivity contribution is 0.0992. The summed E-state index contributed by atoms with van der Waals surface area (Å²) in [5.41, 5.74) is 1.66. The van der Waals surface area contributed by atoms with E-state index < -0.39 is 15.9 Å². The number of anilines is 2. The number of hydrogen-bond donors (Lipinski definition) is 2. The van der Waals surface area contributed by atoms with Crippen molar-refractivity contribution in [3.05, 3.63) is 96.2 Å². The average Bonchev–Trinajstić information content (AvgIpc) is 3.34. The zero-order valence-electron chi connectivity index (χ0n) is 19.0. The Labute approximate surface area is 203 Å². The number of carbonyl (C=O) groups is 1. The number of furan rings is 1. The Morgan fingerprint density at radius 1 is 0.971 bits per heavy atom. The average molecular weight is 493 g/mol. The summed E-state index contributed by atoms with van der Waals surface area (Å²) in [7, 11) is -3.86. The van der Waals surface area contributed by atoms with Crippen molar-refractivity contribution in [3.63, 3.8) is 0 Å². The molecule has 0 aliphatic carbocycles. The number of rotatable bonds is 10. The van der Waals surface area contributed by atoms with Crippen LogP contribution in [0.15, 0.2) is 88.4 Å². The lowest BCUT2D eigenvalue weighted by atomic mass is 10.1. The lowest BCUT2D eigenvalue weighted by Gasteiger charge is -2.08. The molecule has 10 heteroatoms. The van der Waals surface area contributed by atoms with Gasteiger partial charge in [-0.05, 0) is 66.6 Å². The Morgan fingerprint density at radius 2 is 1.69 bits per heavy atom. The van der Waals surface area contributed by atoms with Gasteiger partial charge in [-0.2, -0.15) is 0 Å². The first kappa shape index (κ1) is 24.0. The van der Waals surface area contributed by atoms with E-state index in [1.807, 2.05) is 24.3 Å². The molecule has 0 saturated carbocycles. The maximum Gasteiger partial charge on any atom is 0.291 e. The van der Waals surface area contributed by atoms with Gasteiger partial charge in [0, 0.05) is 18.1 Å². The Hall–Kier alpha value is -4.18. The van der Waals surface area contributed by atoms with Crippen molar-refractivity contribution in [2.45, 2.75) is 31.3 Å². The quantitative estimate of drug-likeness (QED) is 0.330. The van der Waals surface area contributed by atoms with Crippen molar-refractivity contribution in [1.82, 2.24) is 9.97 Å². The van der Waals surface area contributed by atoms with Crippen LogP contribution in [0.5, 0.6) is 5.75 Å². The van der Waals surface area contributed by atoms with Gasteiger partial charge in [0.15, 0.2) is 5.76 Å². The van der Waals surface area contributed by atoms with Gasteiger partial charge in [-0.1, -0.05) is 25.5 Å². The molecule has 2 aromatic heterocycles. The topological polar surface area (TPSA) is 123 Å². The first-order chi connectivity index (χ1) is 16.9. The fraction of sp³-hybridized carbons (Fsp3) is 0.160. The minimum atomic E-state index is -3.86. The molecule has 0 bridgehead atoms. The molecule has 0 aliphatic rings. The van der Waals surface area contributed by atoms with E-state index in [0.717, 1.165) is 18.6 Å². The summed E-state index contributed by atoms with van der Waals surface area (Å²) in [5, 5.41) is 2.68. The predicted molar refractivity (Wildman–Crippen MR) is 131 cm³/mol. The number of sulfonamides is 1. The van der Waals surface area contributed by atoms with Gasteiger partial charge in [0.25, 0.3) is 15.9 Å². The molecule has 0 unspecified atom stereocenters. The summed E-state index contributed by atoms with van der Waals surface area (Å²) >= 11 is 0. The number of nitrogens with zero attached hydrogens (tertiary/aromatic N) is 2. The number of benzene rings is 2. The third-order valence-corrected chi connectivity index (χ3v) is 6.29. The Bertz CT molecular complexity index is 1370. The first-order valence-corrected chi connectivity index (χ1v) is 12.4. The number of ether oxygens (including phenoxy) is 1. The summed E-state index contributed by atoms with van der Waals surface area (Å²) in [6, 6.07) is 18.4. The third kappa shape index (κ3) is 6.45. The van der Waals surface area contributed by atoms with Crippen molar-refractivity contribution in [1.29, 1.82) is 0 Å². The van der Waals surface area contributed by atoms with E-state index >= 15 is 0 Å². The van der Waals surface area contributed by atoms with Crippen LogP contribution in [-0.2, 0) is 23.1 Å². The number of carbonyl (C=O) groups excluding carboxylic acids is 1. The fourth-order valence-electron chi connectivity index (χ4n) is 3.21. The van der Waals surface area contributed by atoms with E-state index in [9.17, 15) is 13.2 Å². The van der Waals surface area contributed by atoms with E-state index in [-0.39, 0.29) is 23.2 Å². The molecule has 0 saturated heterocycles. The van der Waals surface area contributed by atoms with Crippen molar-refractivity contribution >= 4 is 27.6 Å². The highest BCUT2D eigenvalue weighted by molar-refractivity contribution is 7.92. The molecule has 35 heavy (non-hydrogen) atoms. The SMILES string of the molecule is CCCc1ccc(OCc2ccc(C(=O)Nc3ccc(S(=O)(=O)Nc4ncccn4)cc3)o2)cc1. The minimum Gasteiger partial charge on any atom is -0.486 e. The maximum absolute atomic E-state index is 12.5. The van der Waals surface area contributed by atoms with Crippen LogP contribution in [0, 0.1) is 0 Å². The molecular formula is C25H24N4O5S. The second-order valence-electron chi connectivity index (χ2n) is 7.60. The molecule has 4 aromatic rings. The smallest absolute Gasteiger partial charge is 0.291 e. The van der Waals surface area contributed by atoms with Crippen LogP contribution in [0.4, 0.5) is 11.6 Å². The highest BCUT2D eigenvalue weighted by Gasteiger charge is 2.16. The van der Waals surface area contributed by atoms with Gasteiger partial charge < -0.3 is 14.5 Å². The molecule has 0 radical (unpaired) electrons. The molecule has 0 fully saturated rings. The van der Waals surface area contributed by atoms with Crippen LogP contribution < -0.4 is 14.8 Å². The number of amides is 1. The van der Waals surface area contributed by atoms with Gasteiger partial charge in [-0.3, -0.25) is 4.79 Å². The van der Waals surface area contributed by atoms with E-state index in [4.69, 9.17) is 9.15 Å². The normalized spacial score (nSPS) is 11.1. The third-order valence-electron chi connectivity index (χ3n) is 4.94. The van der Waals surface area contributed by atoms with Gasteiger partial charge >= 0.3 is 0 Å². The van der Waals surface area contributed by atoms with Gasteiger partial charge in [-0.25, -0.2) is 23.1 Å². The second-order valence-corrected chi connectivity index (χ2v) is 9.29. The van der Waals surface area contributed by atoms with Crippen LogP contribution >= 0.6 is 0 Å². The summed E-state index contributed by atoms with van der Waals surface area (Å²) in [4.78, 5) is 20.2. The largest absolute Gasteiger partial charge is 0.486 e. The van der Waals surface area contributed by atoms with Crippen molar-refractivity contribution in [2.75, 3.05) is 10.0 Å². The van der Waals surface area contributed by atoms with Crippen LogP contribution in [0.25, 0.3) is 0 Å². The van der Waals surface area contributed by atoms with Crippen LogP contribution in [0.2, 0.25) is 0 Å². The van der Waals surface area contributed by atoms with Crippen LogP contribution in [0.3, 0.4) is 0 Å². The molecule has 180 valence electrons. The standard InChI is InChI=1S/C25H24N4O5S/c1-2-4-18-5-9-20(10-6-18)33-17-21-11-14-23(34-21)24(30)28-19-7-12-22(13-8-19)35(31,32)29-25-26-15-3-16-27-25/h3,5-16H,2,4,17H2,1H3,(H,28,30)(H,26,27,29). The Kier molecular flexibility index (Phi) is 7.41. The Morgan fingerprint density at radius 3 is 2.37 bits per heavy atom. The number of aryl methyl sites for hydroxylation is 1. The highest BCUT2D eigenvalue weighted by atomic mass is 32.2. The van der Waals surface area contributed by atoms with E-state index in [1.165, 1.54) is 42.2 Å². The second kappa shape index (κ2) is 10.8. The molecule has 0 aliphatic heterocycles. The number of aromatic nitrogens is 2. The summed E-state index contributed by atoms with van der Waals surface area (Å²) in [6.45, 7) is 2.32.